The second-order valence-electron chi connectivity index (χ2n) is 7.13. The average molecular weight is 407 g/mol. The standard InChI is InChI=1S/C20H23ClN2O3S/c1-13-4-6-14(7-5-13)19(15-8-9-15)22-20(24)16-10-11-17(21)18(12-16)27(25,26)23(2)3/h4-7,10-12,15,19H,8-9H2,1-3H3,(H,22,24). The van der Waals surface area contributed by atoms with E-state index in [-0.39, 0.29) is 27.4 Å². The minimum Gasteiger partial charge on any atom is -0.345 e. The van der Waals surface area contributed by atoms with Crippen molar-refractivity contribution in [1.82, 2.24) is 9.62 Å². The number of benzene rings is 2. The normalized spacial score (nSPS) is 15.6. The fourth-order valence-electron chi connectivity index (χ4n) is 2.94. The number of nitrogens with one attached hydrogen (secondary N) is 1. The van der Waals surface area contributed by atoms with Crippen LogP contribution in [0.5, 0.6) is 0 Å². The number of carbonyl (C=O) groups excluding carboxylic acids is 1. The molecule has 0 heterocycles. The van der Waals surface area contributed by atoms with E-state index in [9.17, 15) is 13.2 Å². The van der Waals surface area contributed by atoms with E-state index >= 15 is 0 Å². The molecule has 2 aromatic rings. The highest BCUT2D eigenvalue weighted by Crippen LogP contribution is 2.41. The van der Waals surface area contributed by atoms with Crippen molar-refractivity contribution in [1.29, 1.82) is 0 Å². The molecular weight excluding hydrogens is 384 g/mol. The van der Waals surface area contributed by atoms with Crippen molar-refractivity contribution >= 4 is 27.5 Å². The quantitative estimate of drug-likeness (QED) is 0.793. The van der Waals surface area contributed by atoms with Gasteiger partial charge < -0.3 is 5.32 Å². The predicted molar refractivity (Wildman–Crippen MR) is 106 cm³/mol. The number of nitrogens with zero attached hydrogens (tertiary/aromatic N) is 1. The summed E-state index contributed by atoms with van der Waals surface area (Å²) in [6.07, 6.45) is 2.14. The predicted octanol–water partition coefficient (Wildman–Crippen LogP) is 3.78. The van der Waals surface area contributed by atoms with E-state index in [4.69, 9.17) is 11.6 Å². The van der Waals surface area contributed by atoms with Gasteiger partial charge in [-0.1, -0.05) is 41.4 Å². The average Bonchev–Trinajstić information content (AvgIpc) is 3.45. The van der Waals surface area contributed by atoms with Crippen molar-refractivity contribution in [3.05, 3.63) is 64.2 Å². The van der Waals surface area contributed by atoms with Gasteiger partial charge in [-0.3, -0.25) is 4.79 Å². The SMILES string of the molecule is Cc1ccc(C(NC(=O)c2ccc(Cl)c(S(=O)(=O)N(C)C)c2)C2CC2)cc1. The van der Waals surface area contributed by atoms with Gasteiger partial charge in [-0.2, -0.15) is 0 Å². The largest absolute Gasteiger partial charge is 0.345 e. The molecule has 3 rings (SSSR count). The molecule has 1 atom stereocenters. The number of halogens is 1. The van der Waals surface area contributed by atoms with Crippen LogP contribution in [0.1, 0.15) is 40.4 Å². The number of hydrogen-bond donors (Lipinski definition) is 1. The van der Waals surface area contributed by atoms with Gasteiger partial charge in [0.25, 0.3) is 5.91 Å². The summed E-state index contributed by atoms with van der Waals surface area (Å²) in [5.41, 5.74) is 2.50. The highest BCUT2D eigenvalue weighted by atomic mass is 35.5. The molecule has 0 saturated heterocycles. The summed E-state index contributed by atoms with van der Waals surface area (Å²) in [6.45, 7) is 2.02. The maximum absolute atomic E-state index is 12.8. The first-order valence-electron chi connectivity index (χ1n) is 8.79. The molecule has 0 aliphatic heterocycles. The Kier molecular flexibility index (Phi) is 5.60. The molecule has 1 aliphatic carbocycles. The lowest BCUT2D eigenvalue weighted by molar-refractivity contribution is 0.0931. The maximum atomic E-state index is 12.8. The van der Waals surface area contributed by atoms with Crippen LogP contribution in [0.4, 0.5) is 0 Å². The zero-order valence-corrected chi connectivity index (χ0v) is 17.1. The van der Waals surface area contributed by atoms with Gasteiger partial charge in [0.1, 0.15) is 4.90 Å². The van der Waals surface area contributed by atoms with Crippen LogP contribution in [0.2, 0.25) is 5.02 Å². The first kappa shape index (κ1) is 19.9. The maximum Gasteiger partial charge on any atom is 0.251 e. The fourth-order valence-corrected chi connectivity index (χ4v) is 4.33. The number of aryl methyl sites for hydroxylation is 1. The van der Waals surface area contributed by atoms with E-state index in [2.05, 4.69) is 5.32 Å². The van der Waals surface area contributed by atoms with Crippen LogP contribution < -0.4 is 5.32 Å². The monoisotopic (exact) mass is 406 g/mol. The lowest BCUT2D eigenvalue weighted by Gasteiger charge is -2.20. The Morgan fingerprint density at radius 1 is 1.15 bits per heavy atom. The molecule has 1 amide bonds. The van der Waals surface area contributed by atoms with Gasteiger partial charge in [-0.15, -0.1) is 0 Å². The van der Waals surface area contributed by atoms with Crippen LogP contribution >= 0.6 is 11.6 Å². The topological polar surface area (TPSA) is 66.5 Å². The van der Waals surface area contributed by atoms with Crippen molar-refractivity contribution in [3.8, 4) is 0 Å². The molecule has 2 aromatic carbocycles. The zero-order chi connectivity index (χ0) is 19.8. The Morgan fingerprint density at radius 2 is 1.78 bits per heavy atom. The molecule has 1 N–H and O–H groups in total. The second kappa shape index (κ2) is 7.62. The third kappa shape index (κ3) is 4.34. The molecule has 0 aromatic heterocycles. The molecule has 27 heavy (non-hydrogen) atoms. The summed E-state index contributed by atoms with van der Waals surface area (Å²) < 4.78 is 25.9. The number of sulfonamides is 1. The lowest BCUT2D eigenvalue weighted by atomic mass is 10.0. The zero-order valence-electron chi connectivity index (χ0n) is 15.6. The van der Waals surface area contributed by atoms with Gasteiger partial charge in [-0.25, -0.2) is 12.7 Å². The Hall–Kier alpha value is -1.89. The molecule has 0 radical (unpaired) electrons. The molecule has 1 saturated carbocycles. The summed E-state index contributed by atoms with van der Waals surface area (Å²) in [4.78, 5) is 12.8. The van der Waals surface area contributed by atoms with Gasteiger partial charge in [-0.05, 0) is 49.4 Å². The van der Waals surface area contributed by atoms with Gasteiger partial charge in [0, 0.05) is 19.7 Å². The van der Waals surface area contributed by atoms with Gasteiger partial charge >= 0.3 is 0 Å². The minimum atomic E-state index is -3.73. The van der Waals surface area contributed by atoms with Crippen LogP contribution in [0.15, 0.2) is 47.4 Å². The van der Waals surface area contributed by atoms with Gasteiger partial charge in [0.2, 0.25) is 10.0 Å². The van der Waals surface area contributed by atoms with Crippen LogP contribution in [0.3, 0.4) is 0 Å². The van der Waals surface area contributed by atoms with Crippen molar-refractivity contribution in [2.45, 2.75) is 30.7 Å². The van der Waals surface area contributed by atoms with E-state index in [0.717, 1.165) is 28.3 Å². The Bertz CT molecular complexity index is 952. The second-order valence-corrected chi connectivity index (χ2v) is 9.66. The molecular formula is C20H23ClN2O3S. The van der Waals surface area contributed by atoms with E-state index in [0.29, 0.717) is 5.92 Å². The lowest BCUT2D eigenvalue weighted by Crippen LogP contribution is -2.30. The summed E-state index contributed by atoms with van der Waals surface area (Å²) >= 11 is 6.07. The summed E-state index contributed by atoms with van der Waals surface area (Å²) in [5, 5.41) is 3.16. The molecule has 0 spiro atoms. The molecule has 1 aliphatic rings. The number of carbonyl (C=O) groups is 1. The Labute approximate surface area is 165 Å². The van der Waals surface area contributed by atoms with E-state index in [1.807, 2.05) is 31.2 Å². The van der Waals surface area contributed by atoms with Gasteiger partial charge in [0.15, 0.2) is 0 Å². The molecule has 1 unspecified atom stereocenters. The van der Waals surface area contributed by atoms with Gasteiger partial charge in [0.05, 0.1) is 11.1 Å². The highest BCUT2D eigenvalue weighted by Gasteiger charge is 2.34. The number of rotatable bonds is 6. The number of amides is 1. The van der Waals surface area contributed by atoms with Crippen LogP contribution in [0, 0.1) is 12.8 Å². The van der Waals surface area contributed by atoms with Crippen molar-refractivity contribution in [3.63, 3.8) is 0 Å². The molecule has 1 fully saturated rings. The van der Waals surface area contributed by atoms with Crippen molar-refractivity contribution in [2.75, 3.05) is 14.1 Å². The number of hydrogen-bond acceptors (Lipinski definition) is 3. The van der Waals surface area contributed by atoms with Crippen LogP contribution in [0.25, 0.3) is 0 Å². The summed E-state index contributed by atoms with van der Waals surface area (Å²) in [7, 11) is -0.873. The first-order valence-corrected chi connectivity index (χ1v) is 10.6. The molecule has 5 nitrogen and oxygen atoms in total. The summed E-state index contributed by atoms with van der Waals surface area (Å²) in [6, 6.07) is 12.4. The van der Waals surface area contributed by atoms with Crippen molar-refractivity contribution in [2.24, 2.45) is 5.92 Å². The van der Waals surface area contributed by atoms with E-state index < -0.39 is 10.0 Å². The minimum absolute atomic E-state index is 0.0693. The first-order chi connectivity index (χ1) is 12.7. The molecule has 7 heteroatoms. The molecule has 144 valence electrons. The smallest absolute Gasteiger partial charge is 0.251 e. The fraction of sp³-hybridized carbons (Fsp3) is 0.350. The van der Waals surface area contributed by atoms with Crippen molar-refractivity contribution < 1.29 is 13.2 Å². The third-order valence-electron chi connectivity index (χ3n) is 4.77. The Balaban J connectivity index is 1.88. The molecule has 0 bridgehead atoms. The van der Waals surface area contributed by atoms with Crippen LogP contribution in [-0.4, -0.2) is 32.7 Å². The third-order valence-corrected chi connectivity index (χ3v) is 7.07. The van der Waals surface area contributed by atoms with E-state index in [1.165, 1.54) is 26.2 Å². The van der Waals surface area contributed by atoms with E-state index in [1.54, 1.807) is 6.07 Å². The van der Waals surface area contributed by atoms with Crippen LogP contribution in [-0.2, 0) is 10.0 Å². The summed E-state index contributed by atoms with van der Waals surface area (Å²) in [5.74, 6) is 0.105. The highest BCUT2D eigenvalue weighted by molar-refractivity contribution is 7.89. The Morgan fingerprint density at radius 3 is 2.33 bits per heavy atom.